The number of H-pyrrole nitrogens is 1. The molecule has 1 fully saturated rings. The Bertz CT molecular complexity index is 1070. The first-order valence-electron chi connectivity index (χ1n) is 10.5. The van der Waals surface area contributed by atoms with Crippen molar-refractivity contribution in [1.82, 2.24) is 24.6 Å². The van der Waals surface area contributed by atoms with Gasteiger partial charge in [-0.25, -0.2) is 0 Å². The second-order valence-electron chi connectivity index (χ2n) is 8.14. The van der Waals surface area contributed by atoms with Crippen LogP contribution in [0.1, 0.15) is 36.7 Å². The van der Waals surface area contributed by atoms with Crippen molar-refractivity contribution < 1.29 is 9.59 Å². The van der Waals surface area contributed by atoms with Crippen molar-refractivity contribution in [2.75, 3.05) is 13.1 Å². The van der Waals surface area contributed by atoms with E-state index in [9.17, 15) is 9.59 Å². The van der Waals surface area contributed by atoms with Crippen LogP contribution in [0.4, 0.5) is 0 Å². The van der Waals surface area contributed by atoms with E-state index in [1.165, 1.54) is 10.9 Å². The Morgan fingerprint density at radius 3 is 2.83 bits per heavy atom. The summed E-state index contributed by atoms with van der Waals surface area (Å²) >= 11 is 0. The van der Waals surface area contributed by atoms with E-state index in [1.807, 2.05) is 47.9 Å². The normalized spacial score (nSPS) is 16.4. The minimum absolute atomic E-state index is 0.0289. The maximum Gasteiger partial charge on any atom is 0.245 e. The van der Waals surface area contributed by atoms with Gasteiger partial charge in [-0.15, -0.1) is 0 Å². The van der Waals surface area contributed by atoms with Crippen molar-refractivity contribution in [3.05, 3.63) is 53.5 Å². The van der Waals surface area contributed by atoms with Gasteiger partial charge in [0, 0.05) is 44.2 Å². The van der Waals surface area contributed by atoms with Gasteiger partial charge >= 0.3 is 0 Å². The fraction of sp³-hybridized carbons (Fsp3) is 0.435. The molecular weight excluding hydrogens is 378 g/mol. The third-order valence-corrected chi connectivity index (χ3v) is 6.03. The lowest BCUT2D eigenvalue weighted by Crippen LogP contribution is -2.47. The van der Waals surface area contributed by atoms with Crippen LogP contribution in [0.15, 0.2) is 36.5 Å². The maximum absolute atomic E-state index is 13.5. The van der Waals surface area contributed by atoms with Crippen molar-refractivity contribution >= 4 is 22.7 Å². The number of amides is 2. The standard InChI is InChI=1S/C23H29N5O2/c1-16-13-19(26(3)25-16)15-27(23(30)22-9-6-11-28(22)17(2)29)12-10-18-14-24-21-8-5-4-7-20(18)21/h4-5,7-8,13-14,22,24H,6,9-12,15H2,1-3H3. The number of carbonyl (C=O) groups is 2. The van der Waals surface area contributed by atoms with Crippen LogP contribution in [0, 0.1) is 6.92 Å². The molecule has 1 unspecified atom stereocenters. The molecule has 1 atom stereocenters. The van der Waals surface area contributed by atoms with Gasteiger partial charge in [-0.05, 0) is 43.9 Å². The number of aromatic nitrogens is 3. The SMILES string of the molecule is CC(=O)N1CCCC1C(=O)N(CCc1c[nH]c2ccccc12)Cc1cc(C)nn1C. The van der Waals surface area contributed by atoms with Gasteiger partial charge in [0.15, 0.2) is 0 Å². The van der Waals surface area contributed by atoms with E-state index in [2.05, 4.69) is 22.2 Å². The van der Waals surface area contributed by atoms with Crippen molar-refractivity contribution in [3.8, 4) is 0 Å². The molecule has 7 heteroatoms. The molecule has 1 aliphatic rings. The zero-order valence-corrected chi connectivity index (χ0v) is 17.9. The highest BCUT2D eigenvalue weighted by atomic mass is 16.2. The zero-order valence-electron chi connectivity index (χ0n) is 17.9. The van der Waals surface area contributed by atoms with Crippen molar-refractivity contribution in [2.45, 2.75) is 45.7 Å². The van der Waals surface area contributed by atoms with Crippen molar-refractivity contribution in [3.63, 3.8) is 0 Å². The zero-order chi connectivity index (χ0) is 21.3. The molecule has 1 saturated heterocycles. The summed E-state index contributed by atoms with van der Waals surface area (Å²) in [6.45, 7) is 5.24. The van der Waals surface area contributed by atoms with Gasteiger partial charge in [-0.2, -0.15) is 5.10 Å². The second-order valence-corrected chi connectivity index (χ2v) is 8.14. The summed E-state index contributed by atoms with van der Waals surface area (Å²) in [5, 5.41) is 5.61. The quantitative estimate of drug-likeness (QED) is 0.683. The number of fused-ring (bicyclic) bond motifs is 1. The minimum atomic E-state index is -0.361. The van der Waals surface area contributed by atoms with Gasteiger partial charge in [0.1, 0.15) is 6.04 Å². The minimum Gasteiger partial charge on any atom is -0.361 e. The molecule has 1 N–H and O–H groups in total. The Balaban J connectivity index is 1.57. The number of rotatable bonds is 6. The molecule has 0 saturated carbocycles. The van der Waals surface area contributed by atoms with Crippen LogP contribution in [-0.4, -0.2) is 55.5 Å². The summed E-state index contributed by atoms with van der Waals surface area (Å²) in [4.78, 5) is 32.4. The molecule has 158 valence electrons. The number of carbonyl (C=O) groups excluding carboxylic acids is 2. The predicted molar refractivity (Wildman–Crippen MR) is 116 cm³/mol. The second kappa shape index (κ2) is 8.34. The summed E-state index contributed by atoms with van der Waals surface area (Å²) in [6.07, 6.45) is 4.38. The van der Waals surface area contributed by atoms with E-state index < -0.39 is 0 Å². The average Bonchev–Trinajstić information content (AvgIpc) is 3.43. The van der Waals surface area contributed by atoms with Gasteiger partial charge in [0.2, 0.25) is 11.8 Å². The summed E-state index contributed by atoms with van der Waals surface area (Å²) < 4.78 is 1.83. The molecule has 7 nitrogen and oxygen atoms in total. The average molecular weight is 408 g/mol. The number of hydrogen-bond acceptors (Lipinski definition) is 3. The van der Waals surface area contributed by atoms with Crippen LogP contribution in [0.2, 0.25) is 0 Å². The highest BCUT2D eigenvalue weighted by Gasteiger charge is 2.35. The number of hydrogen-bond donors (Lipinski definition) is 1. The van der Waals surface area contributed by atoms with E-state index >= 15 is 0 Å². The van der Waals surface area contributed by atoms with Crippen molar-refractivity contribution in [1.29, 1.82) is 0 Å². The van der Waals surface area contributed by atoms with Gasteiger partial charge in [0.25, 0.3) is 0 Å². The van der Waals surface area contributed by atoms with E-state index in [4.69, 9.17) is 0 Å². The van der Waals surface area contributed by atoms with Crippen molar-refractivity contribution in [2.24, 2.45) is 7.05 Å². The van der Waals surface area contributed by atoms with Crippen LogP contribution in [0.25, 0.3) is 10.9 Å². The molecule has 1 aromatic carbocycles. The molecule has 30 heavy (non-hydrogen) atoms. The molecule has 1 aliphatic heterocycles. The Morgan fingerprint density at radius 1 is 1.30 bits per heavy atom. The lowest BCUT2D eigenvalue weighted by Gasteiger charge is -2.30. The van der Waals surface area contributed by atoms with E-state index in [0.717, 1.165) is 36.2 Å². The van der Waals surface area contributed by atoms with Crippen LogP contribution in [-0.2, 0) is 29.6 Å². The molecule has 4 rings (SSSR count). The molecular formula is C23H29N5O2. The first-order valence-corrected chi connectivity index (χ1v) is 10.5. The van der Waals surface area contributed by atoms with E-state index in [-0.39, 0.29) is 17.9 Å². The van der Waals surface area contributed by atoms with Crippen LogP contribution in [0.3, 0.4) is 0 Å². The van der Waals surface area contributed by atoms with Gasteiger partial charge in [-0.1, -0.05) is 18.2 Å². The summed E-state index contributed by atoms with van der Waals surface area (Å²) in [6, 6.07) is 9.86. The fourth-order valence-electron chi connectivity index (χ4n) is 4.48. The number of likely N-dealkylation sites (tertiary alicyclic amines) is 1. The first-order chi connectivity index (χ1) is 14.4. The molecule has 0 radical (unpaired) electrons. The molecule has 0 aliphatic carbocycles. The van der Waals surface area contributed by atoms with E-state index in [1.54, 1.807) is 11.8 Å². The lowest BCUT2D eigenvalue weighted by molar-refractivity contribution is -0.143. The fourth-order valence-corrected chi connectivity index (χ4v) is 4.48. The number of nitrogens with one attached hydrogen (secondary N) is 1. The highest BCUT2D eigenvalue weighted by molar-refractivity contribution is 5.87. The first kappa shape index (κ1) is 20.2. The number of para-hydroxylation sites is 1. The Morgan fingerprint density at radius 2 is 2.10 bits per heavy atom. The Kier molecular flexibility index (Phi) is 5.61. The van der Waals surface area contributed by atoms with E-state index in [0.29, 0.717) is 19.6 Å². The summed E-state index contributed by atoms with van der Waals surface area (Å²) in [5.41, 5.74) is 4.22. The summed E-state index contributed by atoms with van der Waals surface area (Å²) in [5.74, 6) is 0.000186. The van der Waals surface area contributed by atoms with Gasteiger partial charge < -0.3 is 14.8 Å². The number of aromatic amines is 1. The highest BCUT2D eigenvalue weighted by Crippen LogP contribution is 2.22. The van der Waals surface area contributed by atoms with Gasteiger partial charge in [-0.3, -0.25) is 14.3 Å². The molecule has 0 spiro atoms. The number of nitrogens with zero attached hydrogens (tertiary/aromatic N) is 4. The third kappa shape index (κ3) is 3.97. The molecule has 3 aromatic rings. The topological polar surface area (TPSA) is 74.2 Å². The van der Waals surface area contributed by atoms with Crippen LogP contribution < -0.4 is 0 Å². The number of benzene rings is 1. The lowest BCUT2D eigenvalue weighted by atomic mass is 10.1. The predicted octanol–water partition coefficient (Wildman–Crippen LogP) is 2.79. The molecule has 0 bridgehead atoms. The molecule has 2 aromatic heterocycles. The van der Waals surface area contributed by atoms with Gasteiger partial charge in [0.05, 0.1) is 17.9 Å². The summed E-state index contributed by atoms with van der Waals surface area (Å²) in [7, 11) is 1.90. The smallest absolute Gasteiger partial charge is 0.245 e. The molecule has 2 amide bonds. The van der Waals surface area contributed by atoms with Crippen LogP contribution in [0.5, 0.6) is 0 Å². The maximum atomic E-state index is 13.5. The monoisotopic (exact) mass is 407 g/mol. The van der Waals surface area contributed by atoms with Crippen LogP contribution >= 0.6 is 0 Å². The Labute approximate surface area is 176 Å². The Hall–Kier alpha value is -3.09. The number of aryl methyl sites for hydroxylation is 2. The molecule has 3 heterocycles. The largest absolute Gasteiger partial charge is 0.361 e. The third-order valence-electron chi connectivity index (χ3n) is 6.03.